The molecule has 9 nitrogen and oxygen atoms in total. The number of alkyl halides is 3. The average Bonchev–Trinajstić information content (AvgIpc) is 3.33. The maximum absolute atomic E-state index is 14.2. The van der Waals surface area contributed by atoms with Crippen molar-refractivity contribution >= 4 is 17.8 Å². The molecular formula is C31H34F3N5O4. The number of urea groups is 1. The number of nitrogens with one attached hydrogen (secondary N) is 2. The van der Waals surface area contributed by atoms with E-state index in [2.05, 4.69) is 22.1 Å². The number of nitrogens with zero attached hydrogens (tertiary/aromatic N) is 3. The molecule has 12 heteroatoms. The summed E-state index contributed by atoms with van der Waals surface area (Å²) in [5.41, 5.74) is -0.402. The molecule has 4 amide bonds. The summed E-state index contributed by atoms with van der Waals surface area (Å²) in [6, 6.07) is 10.5. The molecule has 0 radical (unpaired) electrons. The Morgan fingerprint density at radius 3 is 2.49 bits per heavy atom. The topological polar surface area (TPSA) is 94.2 Å². The Labute approximate surface area is 247 Å². The summed E-state index contributed by atoms with van der Waals surface area (Å²) >= 11 is 0. The van der Waals surface area contributed by atoms with Gasteiger partial charge in [0.2, 0.25) is 5.91 Å². The van der Waals surface area contributed by atoms with Gasteiger partial charge < -0.3 is 20.3 Å². The Bertz CT molecular complexity index is 1390. The predicted molar refractivity (Wildman–Crippen MR) is 152 cm³/mol. The zero-order valence-corrected chi connectivity index (χ0v) is 23.6. The van der Waals surface area contributed by atoms with Crippen LogP contribution in [0.4, 0.5) is 18.0 Å². The van der Waals surface area contributed by atoms with E-state index in [1.54, 1.807) is 30.3 Å². The Hall–Kier alpha value is -4.16. The van der Waals surface area contributed by atoms with Gasteiger partial charge in [-0.15, -0.1) is 6.58 Å². The van der Waals surface area contributed by atoms with E-state index >= 15 is 0 Å². The van der Waals surface area contributed by atoms with Crippen LogP contribution in [0.3, 0.4) is 0 Å². The smallest absolute Gasteiger partial charge is 0.379 e. The number of halogens is 3. The highest BCUT2D eigenvalue weighted by Gasteiger charge is 2.49. The highest BCUT2D eigenvalue weighted by Crippen LogP contribution is 2.43. The molecule has 0 aliphatic carbocycles. The minimum atomic E-state index is -4.71. The third-order valence-electron chi connectivity index (χ3n) is 7.87. The van der Waals surface area contributed by atoms with Crippen LogP contribution in [0.15, 0.2) is 78.5 Å². The van der Waals surface area contributed by atoms with Crippen LogP contribution in [0, 0.1) is 0 Å². The van der Waals surface area contributed by atoms with Crippen molar-refractivity contribution in [3.05, 3.63) is 95.2 Å². The zero-order chi connectivity index (χ0) is 30.6. The van der Waals surface area contributed by atoms with Crippen LogP contribution >= 0.6 is 0 Å². The Morgan fingerprint density at radius 1 is 1.09 bits per heavy atom. The Balaban J connectivity index is 1.45. The second-order valence-corrected chi connectivity index (χ2v) is 10.6. The number of hydrogen-bond acceptors (Lipinski definition) is 5. The van der Waals surface area contributed by atoms with Gasteiger partial charge in [0, 0.05) is 26.2 Å². The minimum absolute atomic E-state index is 0.000742. The van der Waals surface area contributed by atoms with E-state index in [1.165, 1.54) is 34.1 Å². The zero-order valence-electron chi connectivity index (χ0n) is 23.6. The van der Waals surface area contributed by atoms with Crippen LogP contribution in [-0.4, -0.2) is 85.0 Å². The number of hydrogen-bond donors (Lipinski definition) is 2. The molecule has 0 saturated carbocycles. The van der Waals surface area contributed by atoms with Crippen LogP contribution in [-0.2, 0) is 20.5 Å². The molecule has 0 aromatic heterocycles. The second kappa shape index (κ2) is 13.0. The van der Waals surface area contributed by atoms with E-state index < -0.39 is 41.7 Å². The highest BCUT2D eigenvalue weighted by molar-refractivity contribution is 6.04. The van der Waals surface area contributed by atoms with E-state index in [0.29, 0.717) is 31.7 Å². The lowest BCUT2D eigenvalue weighted by molar-refractivity contribution is -0.138. The van der Waals surface area contributed by atoms with Crippen molar-refractivity contribution in [1.29, 1.82) is 0 Å². The first kappa shape index (κ1) is 30.3. The van der Waals surface area contributed by atoms with Crippen molar-refractivity contribution in [3.63, 3.8) is 0 Å². The van der Waals surface area contributed by atoms with E-state index in [9.17, 15) is 27.6 Å². The quantitative estimate of drug-likeness (QED) is 0.322. The molecular weight excluding hydrogens is 563 g/mol. The summed E-state index contributed by atoms with van der Waals surface area (Å²) in [6.07, 6.45) is -2.55. The van der Waals surface area contributed by atoms with Crippen LogP contribution in [0.1, 0.15) is 35.2 Å². The van der Waals surface area contributed by atoms with Crippen LogP contribution in [0.5, 0.6) is 0 Å². The number of carbonyl (C=O) groups excluding carboxylic acids is 3. The fourth-order valence-electron chi connectivity index (χ4n) is 5.83. The number of benzene rings is 2. The Kier molecular flexibility index (Phi) is 9.16. The SMILES string of the molecule is C=CCN1C(=O)N[C@@H](c2ccccc2C(F)(F)F)C2=C1CN([C@H](C(=O)NCCCN1CCOCC1)c1ccccc1)C2=O. The molecule has 0 unspecified atom stereocenters. The van der Waals surface area contributed by atoms with E-state index in [4.69, 9.17) is 4.74 Å². The largest absolute Gasteiger partial charge is 0.416 e. The average molecular weight is 598 g/mol. The molecule has 2 aromatic rings. The van der Waals surface area contributed by atoms with Gasteiger partial charge in [-0.3, -0.25) is 19.4 Å². The molecule has 3 heterocycles. The molecule has 0 spiro atoms. The fraction of sp³-hybridized carbons (Fsp3) is 0.387. The number of ether oxygens (including phenoxy) is 1. The first-order chi connectivity index (χ1) is 20.7. The standard InChI is InChI=1S/C31H34F3N5O4/c1-2-14-38-24-20-39(29(41)25(24)26(36-30(38)42)22-11-6-7-12-23(22)31(32,33)34)27(21-9-4-3-5-10-21)28(40)35-13-8-15-37-16-18-43-19-17-37/h2-7,9-12,26-27H,1,8,13-20H2,(H,35,40)(H,36,42)/t26-,27-/m0/s1. The molecule has 5 rings (SSSR count). The van der Waals surface area contributed by atoms with Crippen LogP contribution in [0.25, 0.3) is 0 Å². The van der Waals surface area contributed by atoms with E-state index in [0.717, 1.165) is 25.7 Å². The van der Waals surface area contributed by atoms with Gasteiger partial charge in [0.15, 0.2) is 0 Å². The molecule has 1 saturated heterocycles. The van der Waals surface area contributed by atoms with Crippen molar-refractivity contribution in [2.24, 2.45) is 0 Å². The highest BCUT2D eigenvalue weighted by atomic mass is 19.4. The molecule has 228 valence electrons. The van der Waals surface area contributed by atoms with Gasteiger partial charge in [-0.05, 0) is 30.2 Å². The molecule has 3 aliphatic rings. The Morgan fingerprint density at radius 2 is 1.79 bits per heavy atom. The molecule has 43 heavy (non-hydrogen) atoms. The number of morpholine rings is 1. The van der Waals surface area contributed by atoms with Gasteiger partial charge in [0.25, 0.3) is 5.91 Å². The molecule has 0 bridgehead atoms. The monoisotopic (exact) mass is 597 g/mol. The van der Waals surface area contributed by atoms with Crippen LogP contribution in [0.2, 0.25) is 0 Å². The van der Waals surface area contributed by atoms with Crippen LogP contribution < -0.4 is 10.6 Å². The fourth-order valence-corrected chi connectivity index (χ4v) is 5.83. The van der Waals surface area contributed by atoms with Crippen molar-refractivity contribution in [1.82, 2.24) is 25.3 Å². The maximum Gasteiger partial charge on any atom is 0.416 e. The van der Waals surface area contributed by atoms with E-state index in [-0.39, 0.29) is 29.9 Å². The first-order valence-electron chi connectivity index (χ1n) is 14.2. The lowest BCUT2D eigenvalue weighted by Crippen LogP contribution is -2.47. The minimum Gasteiger partial charge on any atom is -0.379 e. The lowest BCUT2D eigenvalue weighted by Gasteiger charge is -2.33. The molecule has 2 atom stereocenters. The summed E-state index contributed by atoms with van der Waals surface area (Å²) in [5.74, 6) is -1.04. The number of carbonyl (C=O) groups is 3. The summed E-state index contributed by atoms with van der Waals surface area (Å²) in [4.78, 5) is 46.0. The number of amides is 4. The van der Waals surface area contributed by atoms with Gasteiger partial charge in [0.05, 0.1) is 42.6 Å². The second-order valence-electron chi connectivity index (χ2n) is 10.6. The van der Waals surface area contributed by atoms with Gasteiger partial charge >= 0.3 is 12.2 Å². The summed E-state index contributed by atoms with van der Waals surface area (Å²) in [5, 5.41) is 5.55. The third kappa shape index (κ3) is 6.45. The lowest BCUT2D eigenvalue weighted by atomic mass is 9.91. The van der Waals surface area contributed by atoms with Gasteiger partial charge in [-0.1, -0.05) is 54.6 Å². The normalized spacial score (nSPS) is 20.1. The van der Waals surface area contributed by atoms with Crippen molar-refractivity contribution in [2.45, 2.75) is 24.7 Å². The first-order valence-corrected chi connectivity index (χ1v) is 14.2. The van der Waals surface area contributed by atoms with Gasteiger partial charge in [-0.2, -0.15) is 13.2 Å². The molecule has 1 fully saturated rings. The van der Waals surface area contributed by atoms with E-state index in [1.807, 2.05) is 0 Å². The molecule has 2 N–H and O–H groups in total. The number of rotatable bonds is 10. The molecule has 2 aromatic carbocycles. The summed E-state index contributed by atoms with van der Waals surface area (Å²) < 4.78 is 47.5. The van der Waals surface area contributed by atoms with Crippen molar-refractivity contribution in [2.75, 3.05) is 52.5 Å². The van der Waals surface area contributed by atoms with Crippen molar-refractivity contribution in [3.8, 4) is 0 Å². The summed E-state index contributed by atoms with van der Waals surface area (Å²) in [7, 11) is 0. The molecule has 3 aliphatic heterocycles. The maximum atomic E-state index is 14.2. The van der Waals surface area contributed by atoms with Crippen molar-refractivity contribution < 1.29 is 32.3 Å². The van der Waals surface area contributed by atoms with Gasteiger partial charge in [0.1, 0.15) is 6.04 Å². The summed E-state index contributed by atoms with van der Waals surface area (Å²) in [6.45, 7) is 7.73. The van der Waals surface area contributed by atoms with Gasteiger partial charge in [-0.25, -0.2) is 4.79 Å². The third-order valence-corrected chi connectivity index (χ3v) is 7.87. The predicted octanol–water partition coefficient (Wildman–Crippen LogP) is 3.63.